The molecule has 0 bridgehead atoms. The SMILES string of the molecule is CCCCCOc1ccc(/C=N/NC(=O)CSc2nnc(-c3cc(OC)c(OC)c(OC)c3)n2-c2ccccc2)cc1. The largest absolute Gasteiger partial charge is 0.494 e. The average Bonchev–Trinajstić information content (AvgIpc) is 3.46. The van der Waals surface area contributed by atoms with Gasteiger partial charge in [0.25, 0.3) is 5.91 Å². The third-order valence-corrected chi connectivity index (χ3v) is 7.13. The van der Waals surface area contributed by atoms with Gasteiger partial charge in [-0.25, -0.2) is 5.43 Å². The van der Waals surface area contributed by atoms with Gasteiger partial charge >= 0.3 is 0 Å². The van der Waals surface area contributed by atoms with Gasteiger partial charge in [-0.1, -0.05) is 49.7 Å². The Morgan fingerprint density at radius 3 is 2.31 bits per heavy atom. The van der Waals surface area contributed by atoms with Crippen molar-refractivity contribution in [2.24, 2.45) is 5.10 Å². The number of hydrazone groups is 1. The zero-order valence-corrected chi connectivity index (χ0v) is 25.0. The molecule has 0 aliphatic heterocycles. The number of methoxy groups -OCH3 is 3. The number of unbranched alkanes of at least 4 members (excludes halogenated alkanes) is 2. The lowest BCUT2D eigenvalue weighted by Crippen LogP contribution is -2.20. The summed E-state index contributed by atoms with van der Waals surface area (Å²) in [4.78, 5) is 12.6. The Labute approximate surface area is 250 Å². The number of amides is 1. The maximum atomic E-state index is 12.6. The number of benzene rings is 3. The Hall–Kier alpha value is -4.51. The van der Waals surface area contributed by atoms with E-state index in [4.69, 9.17) is 18.9 Å². The average molecular weight is 590 g/mol. The lowest BCUT2D eigenvalue weighted by molar-refractivity contribution is -0.118. The lowest BCUT2D eigenvalue weighted by atomic mass is 10.1. The Morgan fingerprint density at radius 2 is 1.67 bits per heavy atom. The van der Waals surface area contributed by atoms with Crippen LogP contribution in [0.5, 0.6) is 23.0 Å². The van der Waals surface area contributed by atoms with E-state index in [1.807, 2.05) is 71.3 Å². The molecule has 10 nitrogen and oxygen atoms in total. The molecule has 0 saturated carbocycles. The van der Waals surface area contributed by atoms with E-state index in [9.17, 15) is 4.79 Å². The molecule has 220 valence electrons. The number of carbonyl (C=O) groups is 1. The number of nitrogens with zero attached hydrogens (tertiary/aromatic N) is 4. The zero-order chi connectivity index (χ0) is 29.7. The van der Waals surface area contributed by atoms with Crippen molar-refractivity contribution in [1.82, 2.24) is 20.2 Å². The standard InChI is InChI=1S/C31H35N5O5S/c1-5-6-10-17-41-25-15-13-22(14-16-25)20-32-33-28(37)21-42-31-35-34-30(36(31)24-11-8-7-9-12-24)23-18-26(38-2)29(40-4)27(19-23)39-3/h7-9,11-16,18-20H,5-6,10,17,21H2,1-4H3,(H,33,37)/b32-20+. The minimum Gasteiger partial charge on any atom is -0.494 e. The van der Waals surface area contributed by atoms with Crippen LogP contribution in [0.4, 0.5) is 0 Å². The molecule has 0 atom stereocenters. The van der Waals surface area contributed by atoms with E-state index < -0.39 is 0 Å². The molecule has 0 unspecified atom stereocenters. The fourth-order valence-electron chi connectivity index (χ4n) is 4.10. The Morgan fingerprint density at radius 1 is 0.952 bits per heavy atom. The summed E-state index contributed by atoms with van der Waals surface area (Å²) >= 11 is 1.25. The minimum atomic E-state index is -0.274. The molecule has 0 aliphatic rings. The first-order valence-electron chi connectivity index (χ1n) is 13.6. The highest BCUT2D eigenvalue weighted by Crippen LogP contribution is 2.41. The van der Waals surface area contributed by atoms with Gasteiger partial charge in [0.15, 0.2) is 22.5 Å². The van der Waals surface area contributed by atoms with Crippen molar-refractivity contribution in [3.63, 3.8) is 0 Å². The summed E-state index contributed by atoms with van der Waals surface area (Å²) in [5.74, 6) is 2.65. The second-order valence-electron chi connectivity index (χ2n) is 9.10. The van der Waals surface area contributed by atoms with Gasteiger partial charge in [-0.2, -0.15) is 5.10 Å². The number of hydrogen-bond acceptors (Lipinski definition) is 9. The Bertz CT molecular complexity index is 1450. The second kappa shape index (κ2) is 15.5. The van der Waals surface area contributed by atoms with Crippen LogP contribution in [0.15, 0.2) is 77.0 Å². The fourth-order valence-corrected chi connectivity index (χ4v) is 4.85. The van der Waals surface area contributed by atoms with Gasteiger partial charge < -0.3 is 18.9 Å². The molecule has 0 spiro atoms. The molecule has 1 N–H and O–H groups in total. The molecule has 0 radical (unpaired) electrons. The molecule has 4 rings (SSSR count). The number of carbonyl (C=O) groups excluding carboxylic acids is 1. The zero-order valence-electron chi connectivity index (χ0n) is 24.2. The molecule has 4 aromatic rings. The van der Waals surface area contributed by atoms with Crippen LogP contribution in [0.1, 0.15) is 31.7 Å². The van der Waals surface area contributed by atoms with E-state index in [1.165, 1.54) is 11.8 Å². The van der Waals surface area contributed by atoms with Gasteiger partial charge in [0.2, 0.25) is 5.75 Å². The van der Waals surface area contributed by atoms with Gasteiger partial charge in [-0.15, -0.1) is 10.2 Å². The third kappa shape index (κ3) is 7.82. The Kier molecular flexibility index (Phi) is 11.2. The van der Waals surface area contributed by atoms with Crippen molar-refractivity contribution in [2.45, 2.75) is 31.3 Å². The quantitative estimate of drug-likeness (QED) is 0.0806. The summed E-state index contributed by atoms with van der Waals surface area (Å²) in [7, 11) is 4.67. The van der Waals surface area contributed by atoms with E-state index in [1.54, 1.807) is 27.5 Å². The van der Waals surface area contributed by atoms with Crippen LogP contribution in [0.3, 0.4) is 0 Å². The van der Waals surface area contributed by atoms with Crippen molar-refractivity contribution in [3.8, 4) is 40.1 Å². The van der Waals surface area contributed by atoms with Crippen LogP contribution in [0.2, 0.25) is 0 Å². The first kappa shape index (κ1) is 30.4. The molecule has 42 heavy (non-hydrogen) atoms. The van der Waals surface area contributed by atoms with Crippen LogP contribution < -0.4 is 24.4 Å². The number of nitrogens with one attached hydrogen (secondary N) is 1. The fraction of sp³-hybridized carbons (Fsp3) is 0.290. The minimum absolute atomic E-state index is 0.0854. The first-order valence-corrected chi connectivity index (χ1v) is 14.5. The smallest absolute Gasteiger partial charge is 0.250 e. The van der Waals surface area contributed by atoms with Gasteiger partial charge in [0, 0.05) is 11.3 Å². The van der Waals surface area contributed by atoms with Gasteiger partial charge in [-0.05, 0) is 60.5 Å². The highest BCUT2D eigenvalue weighted by molar-refractivity contribution is 7.99. The highest BCUT2D eigenvalue weighted by atomic mass is 32.2. The van der Waals surface area contributed by atoms with E-state index >= 15 is 0 Å². The summed E-state index contributed by atoms with van der Waals surface area (Å²) in [5, 5.41) is 13.5. The van der Waals surface area contributed by atoms with Crippen LogP contribution in [-0.2, 0) is 4.79 Å². The van der Waals surface area contributed by atoms with Crippen LogP contribution in [-0.4, -0.2) is 60.6 Å². The molecule has 1 aromatic heterocycles. The van der Waals surface area contributed by atoms with Crippen molar-refractivity contribution < 1.29 is 23.7 Å². The number of thioether (sulfide) groups is 1. The first-order chi connectivity index (χ1) is 20.6. The molecule has 1 heterocycles. The summed E-state index contributed by atoms with van der Waals surface area (Å²) < 4.78 is 24.1. The molecular weight excluding hydrogens is 554 g/mol. The van der Waals surface area contributed by atoms with E-state index in [-0.39, 0.29) is 11.7 Å². The number of hydrogen-bond donors (Lipinski definition) is 1. The maximum Gasteiger partial charge on any atom is 0.250 e. The summed E-state index contributed by atoms with van der Waals surface area (Å²) in [5.41, 5.74) is 4.97. The van der Waals surface area contributed by atoms with Gasteiger partial charge in [-0.3, -0.25) is 9.36 Å². The van der Waals surface area contributed by atoms with Crippen molar-refractivity contribution in [3.05, 3.63) is 72.3 Å². The van der Waals surface area contributed by atoms with Crippen molar-refractivity contribution in [1.29, 1.82) is 0 Å². The van der Waals surface area contributed by atoms with Crippen LogP contribution >= 0.6 is 11.8 Å². The summed E-state index contributed by atoms with van der Waals surface area (Å²) in [6.45, 7) is 2.87. The normalized spacial score (nSPS) is 11.0. The number of aromatic nitrogens is 3. The number of ether oxygens (including phenoxy) is 4. The van der Waals surface area contributed by atoms with E-state index in [0.717, 1.165) is 36.3 Å². The van der Waals surface area contributed by atoms with Crippen molar-refractivity contribution >= 4 is 23.9 Å². The monoisotopic (exact) mass is 589 g/mol. The highest BCUT2D eigenvalue weighted by Gasteiger charge is 2.21. The van der Waals surface area contributed by atoms with E-state index in [2.05, 4.69) is 27.6 Å². The summed E-state index contributed by atoms with van der Waals surface area (Å²) in [6, 6.07) is 20.9. The van der Waals surface area contributed by atoms with Gasteiger partial charge in [0.1, 0.15) is 5.75 Å². The lowest BCUT2D eigenvalue weighted by Gasteiger charge is -2.15. The molecule has 0 saturated heterocycles. The maximum absolute atomic E-state index is 12.6. The topological polar surface area (TPSA) is 109 Å². The van der Waals surface area contributed by atoms with Crippen molar-refractivity contribution in [2.75, 3.05) is 33.7 Å². The number of para-hydroxylation sites is 1. The molecule has 1 amide bonds. The van der Waals surface area contributed by atoms with Crippen LogP contribution in [0, 0.1) is 0 Å². The van der Waals surface area contributed by atoms with E-state index in [0.29, 0.717) is 40.4 Å². The number of rotatable bonds is 15. The summed E-state index contributed by atoms with van der Waals surface area (Å²) in [6.07, 6.45) is 4.95. The molecule has 0 fully saturated rings. The molecule has 3 aromatic carbocycles. The third-order valence-electron chi connectivity index (χ3n) is 6.20. The van der Waals surface area contributed by atoms with Gasteiger partial charge in [0.05, 0.1) is 39.9 Å². The second-order valence-corrected chi connectivity index (χ2v) is 10.0. The van der Waals surface area contributed by atoms with Crippen LogP contribution in [0.25, 0.3) is 17.1 Å². The molecule has 0 aliphatic carbocycles. The predicted octanol–water partition coefficient (Wildman–Crippen LogP) is 5.77. The molecule has 11 heteroatoms. The Balaban J connectivity index is 1.45. The molecular formula is C31H35N5O5S. The predicted molar refractivity (Wildman–Crippen MR) is 164 cm³/mol.